The van der Waals surface area contributed by atoms with Gasteiger partial charge in [0.1, 0.15) is 6.10 Å². The maximum Gasteiger partial charge on any atom is 0.102 e. The van der Waals surface area contributed by atoms with Crippen molar-refractivity contribution < 1.29 is 4.74 Å². The topological polar surface area (TPSA) is 35.2 Å². The molecule has 2 atom stereocenters. The highest BCUT2D eigenvalue weighted by Gasteiger charge is 2.22. The summed E-state index contributed by atoms with van der Waals surface area (Å²) in [5.74, 6) is 0. The molecule has 0 radical (unpaired) electrons. The maximum atomic E-state index is 6.22. The van der Waals surface area contributed by atoms with Gasteiger partial charge < -0.3 is 10.5 Å². The van der Waals surface area contributed by atoms with Gasteiger partial charge in [0.05, 0.1) is 10.4 Å². The Morgan fingerprint density at radius 2 is 1.88 bits per heavy atom. The average molecular weight is 268 g/mol. The lowest BCUT2D eigenvalue weighted by Gasteiger charge is -2.22. The van der Waals surface area contributed by atoms with E-state index in [-0.39, 0.29) is 12.1 Å². The van der Waals surface area contributed by atoms with Crippen LogP contribution in [0.2, 0.25) is 4.34 Å². The third-order valence-electron chi connectivity index (χ3n) is 2.63. The largest absolute Gasteiger partial charge is 0.375 e. The van der Waals surface area contributed by atoms with Crippen molar-refractivity contribution in [2.45, 2.75) is 12.1 Å². The fourth-order valence-corrected chi connectivity index (χ4v) is 2.88. The second-order valence-corrected chi connectivity index (χ2v) is 5.48. The summed E-state index contributed by atoms with van der Waals surface area (Å²) in [6, 6.07) is 13.6. The van der Waals surface area contributed by atoms with Gasteiger partial charge in [-0.15, -0.1) is 11.3 Å². The second-order valence-electron chi connectivity index (χ2n) is 3.73. The monoisotopic (exact) mass is 267 g/mol. The maximum absolute atomic E-state index is 6.22. The first-order valence-corrected chi connectivity index (χ1v) is 6.50. The minimum atomic E-state index is -0.195. The van der Waals surface area contributed by atoms with Crippen LogP contribution < -0.4 is 5.73 Å². The lowest BCUT2D eigenvalue weighted by molar-refractivity contribution is 0.0811. The fourth-order valence-electron chi connectivity index (χ4n) is 1.79. The van der Waals surface area contributed by atoms with Crippen LogP contribution in [-0.2, 0) is 4.74 Å². The Morgan fingerprint density at radius 3 is 2.41 bits per heavy atom. The van der Waals surface area contributed by atoms with Gasteiger partial charge in [0.2, 0.25) is 0 Å². The highest BCUT2D eigenvalue weighted by atomic mass is 35.5. The van der Waals surface area contributed by atoms with Gasteiger partial charge >= 0.3 is 0 Å². The molecule has 1 heterocycles. The number of ether oxygens (including phenoxy) is 1. The SMILES string of the molecule is COC(c1ccccc1)C(N)c1ccc(Cl)s1. The van der Waals surface area contributed by atoms with Crippen LogP contribution in [-0.4, -0.2) is 7.11 Å². The predicted octanol–water partition coefficient (Wildman–Crippen LogP) is 3.79. The van der Waals surface area contributed by atoms with Gasteiger partial charge in [-0.3, -0.25) is 0 Å². The lowest BCUT2D eigenvalue weighted by Crippen LogP contribution is -2.20. The van der Waals surface area contributed by atoms with Gasteiger partial charge in [-0.2, -0.15) is 0 Å². The van der Waals surface area contributed by atoms with E-state index in [2.05, 4.69) is 0 Å². The summed E-state index contributed by atoms with van der Waals surface area (Å²) >= 11 is 7.42. The number of methoxy groups -OCH3 is 1. The van der Waals surface area contributed by atoms with E-state index in [0.717, 1.165) is 14.8 Å². The van der Waals surface area contributed by atoms with Crippen molar-refractivity contribution in [2.24, 2.45) is 5.73 Å². The highest BCUT2D eigenvalue weighted by Crippen LogP contribution is 2.34. The number of halogens is 1. The first-order valence-electron chi connectivity index (χ1n) is 5.31. The number of thiophene rings is 1. The van der Waals surface area contributed by atoms with Crippen LogP contribution >= 0.6 is 22.9 Å². The Balaban J connectivity index is 2.25. The first-order chi connectivity index (χ1) is 8.22. The number of rotatable bonds is 4. The van der Waals surface area contributed by atoms with E-state index in [1.54, 1.807) is 7.11 Å². The van der Waals surface area contributed by atoms with Crippen molar-refractivity contribution >= 4 is 22.9 Å². The Kier molecular flexibility index (Phi) is 4.18. The van der Waals surface area contributed by atoms with Gasteiger partial charge in [-0.05, 0) is 17.7 Å². The summed E-state index contributed by atoms with van der Waals surface area (Å²) in [4.78, 5) is 1.03. The smallest absolute Gasteiger partial charge is 0.102 e. The zero-order chi connectivity index (χ0) is 12.3. The van der Waals surface area contributed by atoms with E-state index in [1.807, 2.05) is 42.5 Å². The van der Waals surface area contributed by atoms with Crippen LogP contribution in [0, 0.1) is 0 Å². The molecule has 2 unspecified atom stereocenters. The Hall–Kier alpha value is -0.870. The molecule has 1 aromatic carbocycles. The minimum absolute atomic E-state index is 0.147. The number of benzene rings is 1. The molecule has 90 valence electrons. The molecule has 4 heteroatoms. The van der Waals surface area contributed by atoms with Crippen molar-refractivity contribution in [3.05, 3.63) is 57.2 Å². The van der Waals surface area contributed by atoms with Gasteiger partial charge in [-0.25, -0.2) is 0 Å². The van der Waals surface area contributed by atoms with Crippen LogP contribution in [0.25, 0.3) is 0 Å². The van der Waals surface area contributed by atoms with Crippen molar-refractivity contribution in [3.8, 4) is 0 Å². The molecule has 17 heavy (non-hydrogen) atoms. The summed E-state index contributed by atoms with van der Waals surface area (Å²) in [5.41, 5.74) is 7.30. The molecule has 0 aliphatic heterocycles. The fraction of sp³-hybridized carbons (Fsp3) is 0.231. The lowest BCUT2D eigenvalue weighted by atomic mass is 10.0. The molecule has 0 saturated heterocycles. The molecule has 2 N–H and O–H groups in total. The third-order valence-corrected chi connectivity index (χ3v) is 3.96. The highest BCUT2D eigenvalue weighted by molar-refractivity contribution is 7.16. The normalized spacial score (nSPS) is 14.5. The molecule has 0 bridgehead atoms. The molecule has 0 aliphatic carbocycles. The molecular weight excluding hydrogens is 254 g/mol. The van der Waals surface area contributed by atoms with E-state index >= 15 is 0 Å². The van der Waals surface area contributed by atoms with Crippen molar-refractivity contribution in [1.29, 1.82) is 0 Å². The molecular formula is C13H14ClNOS. The summed E-state index contributed by atoms with van der Waals surface area (Å²) in [7, 11) is 1.67. The van der Waals surface area contributed by atoms with E-state index in [4.69, 9.17) is 22.1 Å². The summed E-state index contributed by atoms with van der Waals surface area (Å²) in [6.45, 7) is 0. The number of hydrogen-bond acceptors (Lipinski definition) is 3. The minimum Gasteiger partial charge on any atom is -0.375 e. The molecule has 0 saturated carbocycles. The summed E-state index contributed by atoms with van der Waals surface area (Å²) < 4.78 is 6.25. The van der Waals surface area contributed by atoms with Gasteiger partial charge in [0, 0.05) is 12.0 Å². The standard InChI is InChI=1S/C13H14ClNOS/c1-16-13(9-5-3-2-4-6-9)12(15)10-7-8-11(14)17-10/h2-8,12-13H,15H2,1H3. The average Bonchev–Trinajstić information content (AvgIpc) is 2.78. The van der Waals surface area contributed by atoms with Gasteiger partial charge in [-0.1, -0.05) is 41.9 Å². The number of nitrogens with two attached hydrogens (primary N) is 1. The summed E-state index contributed by atoms with van der Waals surface area (Å²) in [5, 5.41) is 0. The van der Waals surface area contributed by atoms with Crippen molar-refractivity contribution in [3.63, 3.8) is 0 Å². The molecule has 0 amide bonds. The van der Waals surface area contributed by atoms with Gasteiger partial charge in [0.15, 0.2) is 0 Å². The predicted molar refractivity (Wildman–Crippen MR) is 72.4 cm³/mol. The van der Waals surface area contributed by atoms with Crippen LogP contribution in [0.4, 0.5) is 0 Å². The Morgan fingerprint density at radius 1 is 1.18 bits per heavy atom. The van der Waals surface area contributed by atoms with Crippen LogP contribution in [0.3, 0.4) is 0 Å². The first kappa shape index (κ1) is 12.6. The second kappa shape index (κ2) is 5.65. The molecule has 0 fully saturated rings. The van der Waals surface area contributed by atoms with E-state index in [9.17, 15) is 0 Å². The molecule has 2 rings (SSSR count). The molecule has 2 aromatic rings. The van der Waals surface area contributed by atoms with E-state index in [0.29, 0.717) is 0 Å². The third kappa shape index (κ3) is 2.87. The van der Waals surface area contributed by atoms with E-state index < -0.39 is 0 Å². The molecule has 0 spiro atoms. The van der Waals surface area contributed by atoms with Crippen LogP contribution in [0.15, 0.2) is 42.5 Å². The Labute approximate surface area is 110 Å². The number of hydrogen-bond donors (Lipinski definition) is 1. The van der Waals surface area contributed by atoms with Crippen molar-refractivity contribution in [2.75, 3.05) is 7.11 Å². The van der Waals surface area contributed by atoms with E-state index in [1.165, 1.54) is 11.3 Å². The zero-order valence-corrected chi connectivity index (χ0v) is 11.0. The summed E-state index contributed by atoms with van der Waals surface area (Å²) in [6.07, 6.45) is -0.147. The Bertz CT molecular complexity index is 471. The van der Waals surface area contributed by atoms with Crippen LogP contribution in [0.1, 0.15) is 22.6 Å². The van der Waals surface area contributed by atoms with Gasteiger partial charge in [0.25, 0.3) is 0 Å². The molecule has 2 nitrogen and oxygen atoms in total. The van der Waals surface area contributed by atoms with Crippen molar-refractivity contribution in [1.82, 2.24) is 0 Å². The molecule has 0 aliphatic rings. The van der Waals surface area contributed by atoms with Crippen LogP contribution in [0.5, 0.6) is 0 Å². The quantitative estimate of drug-likeness (QED) is 0.915. The molecule has 1 aromatic heterocycles. The zero-order valence-electron chi connectivity index (χ0n) is 9.47.